The van der Waals surface area contributed by atoms with E-state index in [1.165, 1.54) is 65.4 Å². The predicted molar refractivity (Wildman–Crippen MR) is 160 cm³/mol. The molecule has 1 unspecified atom stereocenters. The lowest BCUT2D eigenvalue weighted by Gasteiger charge is -2.29. The number of hydrogen-bond donors (Lipinski definition) is 2. The lowest BCUT2D eigenvalue weighted by atomic mass is 9.97. The molecular weight excluding hydrogens is 576 g/mol. The minimum atomic E-state index is -3.94. The third-order valence-corrected chi connectivity index (χ3v) is 8.55. The highest BCUT2D eigenvalue weighted by Crippen LogP contribution is 2.21. The Bertz CT molecular complexity index is 1530. The fourth-order valence-electron chi connectivity index (χ4n) is 4.67. The van der Waals surface area contributed by atoms with Gasteiger partial charge in [0.1, 0.15) is 23.4 Å². The lowest BCUT2D eigenvalue weighted by molar-refractivity contribution is -0.142. The van der Waals surface area contributed by atoms with Gasteiger partial charge >= 0.3 is 0 Å². The molecule has 0 aliphatic heterocycles. The molecule has 0 bridgehead atoms. The van der Waals surface area contributed by atoms with Gasteiger partial charge in [0.25, 0.3) is 15.9 Å². The highest BCUT2D eigenvalue weighted by molar-refractivity contribution is 7.92. The molecule has 3 aromatic carbocycles. The number of halogens is 2. The van der Waals surface area contributed by atoms with Gasteiger partial charge in [0.15, 0.2) is 6.61 Å². The van der Waals surface area contributed by atoms with E-state index in [1.807, 2.05) is 0 Å². The van der Waals surface area contributed by atoms with Crippen molar-refractivity contribution in [1.29, 1.82) is 0 Å². The van der Waals surface area contributed by atoms with Crippen molar-refractivity contribution < 1.29 is 31.5 Å². The molecule has 0 radical (unpaired) electrons. The molecular formula is C32H35F2N3O5S. The average Bonchev–Trinajstić information content (AvgIpc) is 3.01. The summed E-state index contributed by atoms with van der Waals surface area (Å²) in [5.41, 5.74) is 2.18. The van der Waals surface area contributed by atoms with Crippen molar-refractivity contribution in [2.75, 3.05) is 17.9 Å². The molecule has 1 atom stereocenters. The highest BCUT2D eigenvalue weighted by Gasteiger charge is 2.26. The summed E-state index contributed by atoms with van der Waals surface area (Å²) < 4.78 is 60.0. The summed E-state index contributed by atoms with van der Waals surface area (Å²) >= 11 is 0. The Morgan fingerprint density at radius 1 is 0.930 bits per heavy atom. The van der Waals surface area contributed by atoms with E-state index >= 15 is 0 Å². The van der Waals surface area contributed by atoms with E-state index in [0.717, 1.165) is 37.8 Å². The van der Waals surface area contributed by atoms with Crippen LogP contribution in [0.5, 0.6) is 5.75 Å². The number of nitrogens with one attached hydrogen (secondary N) is 2. The third kappa shape index (κ3) is 9.37. The van der Waals surface area contributed by atoms with E-state index < -0.39 is 40.2 Å². The van der Waals surface area contributed by atoms with Crippen LogP contribution in [-0.4, -0.2) is 44.3 Å². The molecule has 4 rings (SSSR count). The van der Waals surface area contributed by atoms with Crippen molar-refractivity contribution in [2.45, 2.75) is 56.5 Å². The maximum absolute atomic E-state index is 13.5. The van der Waals surface area contributed by atoms with Gasteiger partial charge < -0.3 is 15.0 Å². The van der Waals surface area contributed by atoms with Crippen molar-refractivity contribution in [3.8, 4) is 5.75 Å². The van der Waals surface area contributed by atoms with Crippen LogP contribution in [0.15, 0.2) is 89.3 Å². The third-order valence-electron chi connectivity index (χ3n) is 7.16. The normalized spacial score (nSPS) is 13.9. The van der Waals surface area contributed by atoms with Gasteiger partial charge in [0.05, 0.1) is 4.90 Å². The standard InChI is InChI=1S/C32H35F2N3O5S/c1-23(32(39)35-20-19-24-5-3-2-4-6-24)37(21-25-7-9-26(33)10-8-25)31(38)22-42-29-15-17-30(18-16-29)43(40,41)36-28-13-11-27(34)12-14-28/h5,7-18,23,36H,2-4,6,19-22H2,1H3,(H,35,39). The maximum Gasteiger partial charge on any atom is 0.261 e. The molecule has 2 N–H and O–H groups in total. The second-order valence-electron chi connectivity index (χ2n) is 10.3. The van der Waals surface area contributed by atoms with E-state index in [-0.39, 0.29) is 28.8 Å². The second kappa shape index (κ2) is 14.8. The number of hydrogen-bond acceptors (Lipinski definition) is 5. The minimum Gasteiger partial charge on any atom is -0.484 e. The molecule has 11 heteroatoms. The van der Waals surface area contributed by atoms with E-state index in [4.69, 9.17) is 4.74 Å². The van der Waals surface area contributed by atoms with E-state index in [2.05, 4.69) is 16.1 Å². The van der Waals surface area contributed by atoms with Crippen LogP contribution in [0, 0.1) is 11.6 Å². The van der Waals surface area contributed by atoms with Crippen molar-refractivity contribution >= 4 is 27.5 Å². The Morgan fingerprint density at radius 3 is 2.21 bits per heavy atom. The zero-order valence-electron chi connectivity index (χ0n) is 23.9. The maximum atomic E-state index is 13.5. The number of amides is 2. The predicted octanol–water partition coefficient (Wildman–Crippen LogP) is 5.57. The molecule has 1 aliphatic rings. The van der Waals surface area contributed by atoms with Crippen LogP contribution in [0.3, 0.4) is 0 Å². The van der Waals surface area contributed by atoms with E-state index in [1.54, 1.807) is 19.1 Å². The van der Waals surface area contributed by atoms with Gasteiger partial charge in [-0.15, -0.1) is 0 Å². The first kappa shape index (κ1) is 31.7. The summed E-state index contributed by atoms with van der Waals surface area (Å²) in [6.45, 7) is 1.75. The number of allylic oxidation sites excluding steroid dienone is 1. The smallest absolute Gasteiger partial charge is 0.261 e. The summed E-state index contributed by atoms with van der Waals surface area (Å²) in [6.07, 6.45) is 7.43. The van der Waals surface area contributed by atoms with Gasteiger partial charge in [0.2, 0.25) is 5.91 Å². The van der Waals surface area contributed by atoms with Crippen LogP contribution >= 0.6 is 0 Å². The van der Waals surface area contributed by atoms with Crippen LogP contribution in [0.4, 0.5) is 14.5 Å². The van der Waals surface area contributed by atoms with Gasteiger partial charge in [-0.3, -0.25) is 14.3 Å². The van der Waals surface area contributed by atoms with Crippen LogP contribution in [-0.2, 0) is 26.2 Å². The molecule has 228 valence electrons. The van der Waals surface area contributed by atoms with Crippen molar-refractivity contribution in [3.05, 3.63) is 102 Å². The van der Waals surface area contributed by atoms with Crippen molar-refractivity contribution in [2.24, 2.45) is 0 Å². The number of nitrogens with zero attached hydrogens (tertiary/aromatic N) is 1. The zero-order valence-corrected chi connectivity index (χ0v) is 24.7. The molecule has 0 spiro atoms. The Labute approximate surface area is 250 Å². The Morgan fingerprint density at radius 2 is 1.58 bits per heavy atom. The number of benzene rings is 3. The molecule has 1 aliphatic carbocycles. The molecule has 0 saturated carbocycles. The average molecular weight is 612 g/mol. The Balaban J connectivity index is 1.38. The van der Waals surface area contributed by atoms with Crippen LogP contribution in [0.25, 0.3) is 0 Å². The van der Waals surface area contributed by atoms with Crippen molar-refractivity contribution in [1.82, 2.24) is 10.2 Å². The summed E-state index contributed by atoms with van der Waals surface area (Å²) in [5.74, 6) is -1.44. The quantitative estimate of drug-likeness (QED) is 0.246. The topological polar surface area (TPSA) is 105 Å². The molecule has 0 saturated heterocycles. The van der Waals surface area contributed by atoms with Crippen molar-refractivity contribution in [3.63, 3.8) is 0 Å². The molecule has 0 heterocycles. The van der Waals surface area contributed by atoms with Crippen LogP contribution in [0.1, 0.15) is 44.6 Å². The number of ether oxygens (including phenoxy) is 1. The number of rotatable bonds is 13. The van der Waals surface area contributed by atoms with Gasteiger partial charge in [-0.2, -0.15) is 0 Å². The van der Waals surface area contributed by atoms with Gasteiger partial charge in [-0.25, -0.2) is 17.2 Å². The first-order valence-electron chi connectivity index (χ1n) is 14.1. The largest absolute Gasteiger partial charge is 0.484 e. The van der Waals surface area contributed by atoms with Crippen LogP contribution < -0.4 is 14.8 Å². The summed E-state index contributed by atoms with van der Waals surface area (Å²) in [7, 11) is -3.94. The fraction of sp³-hybridized carbons (Fsp3) is 0.312. The number of carbonyl (C=O) groups excluding carboxylic acids is 2. The van der Waals surface area contributed by atoms with Crippen LogP contribution in [0.2, 0.25) is 0 Å². The first-order valence-corrected chi connectivity index (χ1v) is 15.6. The molecule has 0 fully saturated rings. The molecule has 0 aromatic heterocycles. The Kier molecular flexibility index (Phi) is 10.9. The highest BCUT2D eigenvalue weighted by atomic mass is 32.2. The molecule has 3 aromatic rings. The second-order valence-corrected chi connectivity index (χ2v) is 12.0. The molecule has 8 nitrogen and oxygen atoms in total. The zero-order chi connectivity index (χ0) is 30.8. The molecule has 43 heavy (non-hydrogen) atoms. The minimum absolute atomic E-state index is 0.0530. The number of sulfonamides is 1. The fourth-order valence-corrected chi connectivity index (χ4v) is 5.73. The summed E-state index contributed by atoms with van der Waals surface area (Å²) in [6, 6.07) is 15.2. The Hall–Kier alpha value is -4.25. The first-order chi connectivity index (χ1) is 20.6. The van der Waals surface area contributed by atoms with E-state index in [9.17, 15) is 26.8 Å². The SMILES string of the molecule is CC(C(=O)NCCC1=CCCCC1)N(Cc1ccc(F)cc1)C(=O)COc1ccc(S(=O)(=O)Nc2ccc(F)cc2)cc1. The van der Waals surface area contributed by atoms with Gasteiger partial charge in [-0.05, 0) is 105 Å². The number of carbonyl (C=O) groups is 2. The number of anilines is 1. The van der Waals surface area contributed by atoms with Gasteiger partial charge in [-0.1, -0.05) is 23.8 Å². The lowest BCUT2D eigenvalue weighted by Crippen LogP contribution is -2.49. The monoisotopic (exact) mass is 611 g/mol. The summed E-state index contributed by atoms with van der Waals surface area (Å²) in [5, 5.41) is 2.92. The van der Waals surface area contributed by atoms with E-state index in [0.29, 0.717) is 12.1 Å². The molecule has 2 amide bonds. The summed E-state index contributed by atoms with van der Waals surface area (Å²) in [4.78, 5) is 27.7. The van der Waals surface area contributed by atoms with Gasteiger partial charge in [0, 0.05) is 18.8 Å².